The van der Waals surface area contributed by atoms with E-state index < -0.39 is 29.5 Å². The first-order valence-corrected chi connectivity index (χ1v) is 34.1. The van der Waals surface area contributed by atoms with Gasteiger partial charge in [-0.15, -0.1) is 0 Å². The second-order valence-corrected chi connectivity index (χ2v) is 25.0. The molecule has 3 aliphatic rings. The lowest BCUT2D eigenvalue weighted by Gasteiger charge is -2.23. The maximum Gasteiger partial charge on any atom is 0.256 e. The van der Waals surface area contributed by atoms with E-state index in [1.807, 2.05) is 0 Å². The molecule has 0 saturated carbocycles. The van der Waals surface area contributed by atoms with Gasteiger partial charge >= 0.3 is 0 Å². The van der Waals surface area contributed by atoms with E-state index in [9.17, 15) is 70.7 Å². The highest BCUT2D eigenvalue weighted by molar-refractivity contribution is 6.63. The van der Waals surface area contributed by atoms with Gasteiger partial charge in [-0.1, -0.05) is 20.8 Å². The molecular weight excluding hydrogens is 1350 g/mol. The molecule has 0 fully saturated rings. The molecule has 0 bridgehead atoms. The molecule has 28 heteroatoms. The second kappa shape index (κ2) is 37.7. The Morgan fingerprint density at radius 1 is 0.476 bits per heavy atom. The summed E-state index contributed by atoms with van der Waals surface area (Å²) in [7, 11) is 4.96. The fourth-order valence-corrected chi connectivity index (χ4v) is 10.9. The minimum atomic E-state index is -0.503. The molecular formula is C75H88ClF3N12O12. The number of benzene rings is 3. The molecule has 0 radical (unpaired) electrons. The summed E-state index contributed by atoms with van der Waals surface area (Å²) in [6.07, 6.45) is 12.9. The van der Waals surface area contributed by atoms with E-state index in [0.29, 0.717) is 166 Å². The highest BCUT2D eigenvalue weighted by Crippen LogP contribution is 2.37. The number of likely N-dealkylation sites (N-methyl/N-ethyl adjacent to an activating group) is 3. The fraction of sp³-hybridized carbons (Fsp3) is 0.360. The number of nitrogens with zero attached hydrogens (tertiary/aromatic N) is 2. The van der Waals surface area contributed by atoms with Crippen LogP contribution in [-0.2, 0) is 43.2 Å². The van der Waals surface area contributed by atoms with E-state index in [4.69, 9.17) is 11.6 Å². The van der Waals surface area contributed by atoms with Crippen molar-refractivity contribution in [2.45, 2.75) is 138 Å². The molecule has 0 spiro atoms. The first-order valence-electron chi connectivity index (χ1n) is 33.7. The van der Waals surface area contributed by atoms with Gasteiger partial charge in [0.15, 0.2) is 11.6 Å². The van der Waals surface area contributed by atoms with Crippen molar-refractivity contribution in [3.8, 4) is 0 Å². The number of carbonyl (C=O) groups is 12. The van der Waals surface area contributed by atoms with Crippen LogP contribution in [0.2, 0.25) is 0 Å². The number of carbonyl (C=O) groups excluding carboxylic acids is 12. The minimum absolute atomic E-state index is 0.0585. The quantitative estimate of drug-likeness (QED) is 0.0130. The number of hydrogen-bond acceptors (Lipinski definition) is 13. The zero-order valence-corrected chi connectivity index (χ0v) is 60.4. The average Bonchev–Trinajstić information content (AvgIpc) is 1.66. The summed E-state index contributed by atoms with van der Waals surface area (Å²) in [5.74, 6) is -3.39. The molecule has 3 aliphatic heterocycles. The topological polar surface area (TPSA) is 343 Å². The SMILES string of the molecule is CCC(=O)Cl.CCC(=O)N(C)[C@@H](C)C(=O)CCCNC(=O)c1c[nH]c(/C=C2\C(=O)Nc3ccc(F)cc32)c1C.CCC(=O)N(C)[C@@H](C)C(=O)CCCNC(=O)c1c[nH]c(/C=C2\C(=O)Nc3ccc(F)cc32)c1C.CN[C@@H](C)C(=O)CCCNC(=O)c1c[nH]c(/C=C2\C(=O)Nc3ccc(F)cc32)c1C. The van der Waals surface area contributed by atoms with Crippen molar-refractivity contribution in [1.82, 2.24) is 46.0 Å². The first-order chi connectivity index (χ1) is 48.8. The molecule has 10 N–H and O–H groups in total. The summed E-state index contributed by atoms with van der Waals surface area (Å²) < 4.78 is 40.9. The van der Waals surface area contributed by atoms with Gasteiger partial charge in [-0.05, 0) is 169 Å². The predicted octanol–water partition coefficient (Wildman–Crippen LogP) is 10.4. The van der Waals surface area contributed by atoms with Gasteiger partial charge < -0.3 is 62.0 Å². The van der Waals surface area contributed by atoms with Gasteiger partial charge in [0.1, 0.15) is 23.2 Å². The van der Waals surface area contributed by atoms with Crippen LogP contribution in [0.1, 0.15) is 181 Å². The van der Waals surface area contributed by atoms with Crippen LogP contribution in [0.4, 0.5) is 30.2 Å². The van der Waals surface area contributed by atoms with E-state index >= 15 is 0 Å². The maximum atomic E-state index is 13.7. The van der Waals surface area contributed by atoms with Crippen molar-refractivity contribution < 1.29 is 70.7 Å². The minimum Gasteiger partial charge on any atom is -0.361 e. The number of ketones is 3. The number of rotatable bonds is 27. The van der Waals surface area contributed by atoms with Crippen molar-refractivity contribution in [1.29, 1.82) is 0 Å². The normalized spacial score (nSPS) is 14.3. The fourth-order valence-electron chi connectivity index (χ4n) is 10.9. The summed E-state index contributed by atoms with van der Waals surface area (Å²) in [6.45, 7) is 16.7. The van der Waals surface area contributed by atoms with Gasteiger partial charge in [0.2, 0.25) is 17.1 Å². The molecule has 24 nitrogen and oxygen atoms in total. The molecule has 0 unspecified atom stereocenters. The Labute approximate surface area is 600 Å². The molecule has 9 rings (SSSR count). The van der Waals surface area contributed by atoms with Crippen LogP contribution in [0.25, 0.3) is 34.9 Å². The van der Waals surface area contributed by atoms with Crippen LogP contribution >= 0.6 is 11.6 Å². The highest BCUT2D eigenvalue weighted by Gasteiger charge is 2.30. The van der Waals surface area contributed by atoms with Crippen molar-refractivity contribution in [3.63, 3.8) is 0 Å². The van der Waals surface area contributed by atoms with Crippen LogP contribution in [0.15, 0.2) is 73.2 Å². The number of nitrogens with one attached hydrogen (secondary N) is 10. The van der Waals surface area contributed by atoms with E-state index in [-0.39, 0.29) is 88.7 Å². The smallest absolute Gasteiger partial charge is 0.256 e. The number of amides is 8. The van der Waals surface area contributed by atoms with E-state index in [0.717, 1.165) is 0 Å². The van der Waals surface area contributed by atoms with E-state index in [1.54, 1.807) is 120 Å². The lowest BCUT2D eigenvalue weighted by molar-refractivity contribution is -0.137. The Kier molecular flexibility index (Phi) is 29.7. The number of halogens is 4. The lowest BCUT2D eigenvalue weighted by Crippen LogP contribution is -2.40. The lowest BCUT2D eigenvalue weighted by atomic mass is 10.0. The Morgan fingerprint density at radius 3 is 1.02 bits per heavy atom. The molecule has 8 amide bonds. The highest BCUT2D eigenvalue weighted by atomic mass is 35.5. The van der Waals surface area contributed by atoms with Crippen LogP contribution < -0.4 is 37.2 Å². The van der Waals surface area contributed by atoms with Crippen molar-refractivity contribution in [3.05, 3.63) is 158 Å². The second-order valence-electron chi connectivity index (χ2n) is 24.6. The van der Waals surface area contributed by atoms with Crippen molar-refractivity contribution in [2.24, 2.45) is 0 Å². The monoisotopic (exact) mass is 1440 g/mol. The van der Waals surface area contributed by atoms with Gasteiger partial charge in [-0.3, -0.25) is 57.5 Å². The van der Waals surface area contributed by atoms with Gasteiger partial charge in [0.25, 0.3) is 35.4 Å². The summed E-state index contributed by atoms with van der Waals surface area (Å²) in [5.41, 5.74) is 8.99. The van der Waals surface area contributed by atoms with Gasteiger partial charge in [0, 0.05) is 142 Å². The molecule has 3 aromatic heterocycles. The number of anilines is 3. The van der Waals surface area contributed by atoms with Crippen LogP contribution in [0.5, 0.6) is 0 Å². The summed E-state index contributed by atoms with van der Waals surface area (Å²) in [4.78, 5) is 156. The molecule has 6 aromatic rings. The van der Waals surface area contributed by atoms with E-state index in [1.165, 1.54) is 64.4 Å². The Balaban J connectivity index is 0.000000235. The summed E-state index contributed by atoms with van der Waals surface area (Å²) >= 11 is 4.82. The molecule has 3 aromatic carbocycles. The number of H-pyrrole nitrogens is 3. The predicted molar refractivity (Wildman–Crippen MR) is 390 cm³/mol. The van der Waals surface area contributed by atoms with E-state index in [2.05, 4.69) is 52.2 Å². The van der Waals surface area contributed by atoms with Gasteiger partial charge in [-0.25, -0.2) is 13.2 Å². The number of aromatic nitrogens is 3. The van der Waals surface area contributed by atoms with Gasteiger partial charge in [0.05, 0.1) is 51.5 Å². The van der Waals surface area contributed by atoms with Crippen LogP contribution in [0, 0.1) is 38.2 Å². The third kappa shape index (κ3) is 21.4. The Hall–Kier alpha value is -10.8. The number of aromatic amines is 3. The Bertz CT molecular complexity index is 4160. The number of Topliss-reactive ketones (excluding diaryl/α,β-unsaturated/α-hetero) is 3. The van der Waals surface area contributed by atoms with Gasteiger partial charge in [-0.2, -0.15) is 0 Å². The van der Waals surface area contributed by atoms with Crippen molar-refractivity contribution in [2.75, 3.05) is 56.7 Å². The molecule has 0 aliphatic carbocycles. The molecule has 103 heavy (non-hydrogen) atoms. The molecule has 3 atom stereocenters. The molecule has 548 valence electrons. The molecule has 0 saturated heterocycles. The maximum absolute atomic E-state index is 13.7. The average molecular weight is 1440 g/mol. The zero-order valence-electron chi connectivity index (χ0n) is 59.7. The largest absolute Gasteiger partial charge is 0.361 e. The zero-order chi connectivity index (χ0) is 76.1. The summed E-state index contributed by atoms with van der Waals surface area (Å²) in [5, 5.41) is 19.1. The standard InChI is InChI=1S/2C25H29FN4O4.C22H25FN4O3.C3H5ClO/c2*1-5-23(32)30(4)15(3)22(31)7-6-10-27-24(33)19-13-28-21(14(19)2)12-18-17-11-16(26)8-9-20(17)29-25(18)34;1-12-17(21(29)25-8-4-5-20(28)13(2)24-3)11-26-19(12)10-16-15-9-14(23)6-7-18(15)27-22(16)30;1-2-3(4)5/h2*8-9,11-13,15,28H,5-7,10H2,1-4H3,(H,27,33)(H,29,34);6-7,9-11,13,24,26H,4-5,8H2,1-3H3,(H,25,29)(H,27,30);2H2,1H3/b2*18-12-;16-10-;/t2*15-;13-;/m000./s1. The third-order valence-electron chi connectivity index (χ3n) is 17.8. The Morgan fingerprint density at radius 2 is 0.757 bits per heavy atom. The number of hydrogen-bond donors (Lipinski definition) is 10. The van der Waals surface area contributed by atoms with Crippen LogP contribution in [-0.4, -0.2) is 154 Å². The first kappa shape index (κ1) is 81.2. The third-order valence-corrected chi connectivity index (χ3v) is 18.0. The van der Waals surface area contributed by atoms with Crippen LogP contribution in [0.3, 0.4) is 0 Å². The van der Waals surface area contributed by atoms with Crippen molar-refractivity contribution >= 4 is 133 Å². The number of fused-ring (bicyclic) bond motifs is 3. The summed E-state index contributed by atoms with van der Waals surface area (Å²) in [6, 6.07) is 11.1. The molecule has 6 heterocycles.